The number of oxime groups is 1. The van der Waals surface area contributed by atoms with E-state index in [1.165, 1.54) is 24.3 Å². The Morgan fingerprint density at radius 1 is 1.52 bits per heavy atom. The minimum Gasteiger partial charge on any atom is -0.398 e. The first-order valence-corrected chi connectivity index (χ1v) is 11.9. The van der Waals surface area contributed by atoms with E-state index in [4.69, 9.17) is 11.6 Å². The average molecular weight is 486 g/mol. The lowest BCUT2D eigenvalue weighted by atomic mass is 10.0. The fourth-order valence-electron chi connectivity index (χ4n) is 2.39. The van der Waals surface area contributed by atoms with Gasteiger partial charge in [0.25, 0.3) is 11.8 Å². The second-order valence-corrected chi connectivity index (χ2v) is 8.75. The number of β-lactam (4-membered cyclic amide) rings is 1. The molecule has 1 fully saturated rings. The van der Waals surface area contributed by atoms with E-state index in [-0.39, 0.29) is 28.2 Å². The predicted molar refractivity (Wildman–Crippen MR) is 108 cm³/mol. The van der Waals surface area contributed by atoms with Crippen molar-refractivity contribution in [3.05, 3.63) is 11.1 Å². The average Bonchev–Trinajstić information content (AvgIpc) is 3.10. The van der Waals surface area contributed by atoms with Gasteiger partial charge < -0.3 is 15.5 Å². The largest absolute Gasteiger partial charge is 0.398 e. The van der Waals surface area contributed by atoms with Crippen LogP contribution in [0.2, 0.25) is 0 Å². The summed E-state index contributed by atoms with van der Waals surface area (Å²) in [6.07, 6.45) is 1.67. The number of amides is 3. The maximum Gasteiger partial charge on any atom is 0.362 e. The second kappa shape index (κ2) is 9.71. The molecule has 2 heterocycles. The van der Waals surface area contributed by atoms with E-state index in [0.717, 1.165) is 11.3 Å². The van der Waals surface area contributed by atoms with Crippen LogP contribution in [0.3, 0.4) is 0 Å². The van der Waals surface area contributed by atoms with Crippen LogP contribution in [-0.4, -0.2) is 82.8 Å². The first-order valence-electron chi connectivity index (χ1n) is 7.67. The molecule has 2 unspecified atom stereocenters. The van der Waals surface area contributed by atoms with E-state index < -0.39 is 40.1 Å². The predicted octanol–water partition coefficient (Wildman–Crippen LogP) is -0.468. The zero-order valence-electron chi connectivity index (χ0n) is 15.0. The van der Waals surface area contributed by atoms with Crippen molar-refractivity contribution in [2.45, 2.75) is 12.1 Å². The Bertz CT molecular complexity index is 935. The maximum atomic E-state index is 12.6. The van der Waals surface area contributed by atoms with E-state index in [9.17, 15) is 27.4 Å². The van der Waals surface area contributed by atoms with Crippen molar-refractivity contribution in [3.63, 3.8) is 0 Å². The first-order chi connectivity index (χ1) is 13.6. The molecule has 3 N–H and O–H groups in total. The van der Waals surface area contributed by atoms with Crippen LogP contribution in [0.5, 0.6) is 0 Å². The summed E-state index contributed by atoms with van der Waals surface area (Å²) < 4.78 is 32.2. The topological polar surface area (TPSA) is 167 Å². The summed E-state index contributed by atoms with van der Waals surface area (Å²) in [5.41, 5.74) is -0.241. The maximum absolute atomic E-state index is 12.6. The molecule has 12 nitrogen and oxygen atoms in total. The van der Waals surface area contributed by atoms with Crippen LogP contribution in [0, 0.1) is 0 Å². The van der Waals surface area contributed by atoms with Gasteiger partial charge in [-0.25, -0.2) is 9.29 Å². The molecule has 2 atom stereocenters. The number of thioether (sulfide) groups is 1. The Hall–Kier alpha value is -1.94. The molecule has 160 valence electrons. The highest BCUT2D eigenvalue weighted by atomic mass is 35.5. The summed E-state index contributed by atoms with van der Waals surface area (Å²) >= 11 is 7.64. The molecule has 1 saturated heterocycles. The monoisotopic (exact) mass is 485 g/mol. The molecule has 0 aliphatic carbocycles. The molecule has 1 aliphatic rings. The third kappa shape index (κ3) is 5.36. The molecule has 0 aromatic carbocycles. The zero-order valence-corrected chi connectivity index (χ0v) is 18.2. The van der Waals surface area contributed by atoms with Crippen LogP contribution in [-0.2, 0) is 29.5 Å². The molecule has 1 aromatic rings. The molecular weight excluding hydrogens is 470 g/mol. The Balaban J connectivity index is 2.19. The van der Waals surface area contributed by atoms with Gasteiger partial charge in [-0.05, 0) is 6.26 Å². The molecule has 3 amide bonds. The van der Waals surface area contributed by atoms with Crippen molar-refractivity contribution in [2.75, 3.05) is 30.3 Å². The van der Waals surface area contributed by atoms with Crippen LogP contribution in [0.25, 0.3) is 0 Å². The number of anilines is 1. The number of thiazole rings is 1. The molecule has 0 saturated carbocycles. The summed E-state index contributed by atoms with van der Waals surface area (Å²) in [5.74, 6) is -2.46. The standard InChI is InChI=1S/C13H16ClN5O7S3/c1-26-18-9(6-4-28-13(15-6)16-8(20)3-14)11(21)17-10-7(5-27-2)19(12(10)22)29(23,24)25/h4,7,10H,3,5H2,1-2H3,(H,17,21)(H,15,16,20)(H,23,24,25)/b18-9-. The van der Waals surface area contributed by atoms with Gasteiger partial charge in [-0.1, -0.05) is 5.16 Å². The van der Waals surface area contributed by atoms with Gasteiger partial charge in [0.1, 0.15) is 24.7 Å². The minimum atomic E-state index is -4.75. The van der Waals surface area contributed by atoms with Crippen molar-refractivity contribution in [2.24, 2.45) is 5.16 Å². The van der Waals surface area contributed by atoms with Crippen molar-refractivity contribution in [1.82, 2.24) is 14.6 Å². The van der Waals surface area contributed by atoms with Gasteiger partial charge >= 0.3 is 10.3 Å². The normalized spacial score (nSPS) is 19.5. The van der Waals surface area contributed by atoms with Gasteiger partial charge in [-0.2, -0.15) is 20.2 Å². The third-order valence-corrected chi connectivity index (χ3v) is 6.18. The molecule has 2 rings (SSSR count). The molecule has 29 heavy (non-hydrogen) atoms. The smallest absolute Gasteiger partial charge is 0.362 e. The number of carbonyl (C=O) groups is 3. The van der Waals surface area contributed by atoms with Gasteiger partial charge in [-0.15, -0.1) is 22.9 Å². The highest BCUT2D eigenvalue weighted by Crippen LogP contribution is 2.26. The number of carbonyl (C=O) groups excluding carboxylic acids is 3. The van der Waals surface area contributed by atoms with Crippen LogP contribution < -0.4 is 10.6 Å². The number of alkyl halides is 1. The number of rotatable bonds is 9. The SMILES string of the molecule is CO/N=C(\C(=O)NC1C(=O)N(S(=O)(=O)O)C1CSC)c1csc(NC(=O)CCl)n1. The summed E-state index contributed by atoms with van der Waals surface area (Å²) in [5, 5.41) is 9.97. The quantitative estimate of drug-likeness (QED) is 0.138. The van der Waals surface area contributed by atoms with Gasteiger partial charge in [0.15, 0.2) is 10.8 Å². The van der Waals surface area contributed by atoms with Gasteiger partial charge in [0.2, 0.25) is 5.91 Å². The van der Waals surface area contributed by atoms with E-state index in [1.54, 1.807) is 6.26 Å². The van der Waals surface area contributed by atoms with Gasteiger partial charge in [0, 0.05) is 11.1 Å². The van der Waals surface area contributed by atoms with Crippen molar-refractivity contribution in [3.8, 4) is 0 Å². The van der Waals surface area contributed by atoms with E-state index >= 15 is 0 Å². The second-order valence-electron chi connectivity index (χ2n) is 5.43. The number of hydrogen-bond acceptors (Lipinski definition) is 10. The highest BCUT2D eigenvalue weighted by molar-refractivity contribution is 7.98. The first kappa shape index (κ1) is 23.3. The summed E-state index contributed by atoms with van der Waals surface area (Å²) in [4.78, 5) is 44.8. The van der Waals surface area contributed by atoms with E-state index in [1.807, 2.05) is 0 Å². The lowest BCUT2D eigenvalue weighted by molar-refractivity contribution is -0.143. The van der Waals surface area contributed by atoms with Gasteiger partial charge in [0.05, 0.1) is 6.04 Å². The Morgan fingerprint density at radius 2 is 2.21 bits per heavy atom. The molecule has 0 spiro atoms. The number of halogens is 1. The fourth-order valence-corrected chi connectivity index (χ4v) is 4.83. The number of aromatic nitrogens is 1. The highest BCUT2D eigenvalue weighted by Gasteiger charge is 2.53. The molecule has 0 radical (unpaired) electrons. The Labute approximate surface area is 178 Å². The molecular formula is C13H16ClN5O7S3. The van der Waals surface area contributed by atoms with Gasteiger partial charge in [-0.3, -0.25) is 18.9 Å². The van der Waals surface area contributed by atoms with Crippen LogP contribution in [0.4, 0.5) is 5.13 Å². The number of nitrogens with zero attached hydrogens (tertiary/aromatic N) is 3. The molecule has 1 aromatic heterocycles. The van der Waals surface area contributed by atoms with E-state index in [2.05, 4.69) is 25.6 Å². The van der Waals surface area contributed by atoms with Crippen molar-refractivity contribution in [1.29, 1.82) is 0 Å². The van der Waals surface area contributed by atoms with E-state index in [0.29, 0.717) is 4.31 Å². The molecule has 0 bridgehead atoms. The van der Waals surface area contributed by atoms with Crippen molar-refractivity contribution < 1.29 is 32.2 Å². The molecule has 1 aliphatic heterocycles. The summed E-state index contributed by atoms with van der Waals surface area (Å²) in [6, 6.07) is -2.15. The molecule has 16 heteroatoms. The number of nitrogens with one attached hydrogen (secondary N) is 2. The lowest BCUT2D eigenvalue weighted by Gasteiger charge is -2.43. The van der Waals surface area contributed by atoms with Crippen molar-refractivity contribution >= 4 is 73.6 Å². The summed E-state index contributed by atoms with van der Waals surface area (Å²) in [7, 11) is -3.55. The van der Waals surface area contributed by atoms with Crippen LogP contribution in [0.1, 0.15) is 5.69 Å². The summed E-state index contributed by atoms with van der Waals surface area (Å²) in [6.45, 7) is 0. The van der Waals surface area contributed by atoms with Crippen LogP contribution in [0.15, 0.2) is 10.5 Å². The lowest BCUT2D eigenvalue weighted by Crippen LogP contribution is -2.73. The Kier molecular flexibility index (Phi) is 7.81. The van der Waals surface area contributed by atoms with Crippen LogP contribution >= 0.6 is 34.7 Å². The fraction of sp³-hybridized carbons (Fsp3) is 0.462. The Morgan fingerprint density at radius 3 is 2.76 bits per heavy atom. The third-order valence-electron chi connectivity index (χ3n) is 3.55. The minimum absolute atomic E-state index is 0.0547. The zero-order chi connectivity index (χ0) is 21.8. The number of hydrogen-bond donors (Lipinski definition) is 3.